The first-order valence-electron chi connectivity index (χ1n) is 8.40. The number of hydrazine groups is 1. The summed E-state index contributed by atoms with van der Waals surface area (Å²) in [7, 11) is 0. The Labute approximate surface area is 141 Å². The zero-order chi connectivity index (χ0) is 17.7. The monoisotopic (exact) mass is 343 g/mol. The van der Waals surface area contributed by atoms with Gasteiger partial charge in [0.1, 0.15) is 6.17 Å². The fourth-order valence-corrected chi connectivity index (χ4v) is 3.14. The SMILES string of the molecule is CCOC(=O)N1CCC2CCC1N(C(=O)OCC)N2C(=O)OCC. The summed E-state index contributed by atoms with van der Waals surface area (Å²) in [5.74, 6) is 0. The molecule has 2 unspecified atom stereocenters. The quantitative estimate of drug-likeness (QED) is 0.730. The molecule has 3 aliphatic rings. The highest BCUT2D eigenvalue weighted by atomic mass is 16.6. The number of carbonyl (C=O) groups excluding carboxylic acids is 3. The zero-order valence-electron chi connectivity index (χ0n) is 14.4. The second kappa shape index (κ2) is 8.07. The first kappa shape index (κ1) is 18.2. The van der Waals surface area contributed by atoms with Gasteiger partial charge in [-0.15, -0.1) is 0 Å². The van der Waals surface area contributed by atoms with Crippen molar-refractivity contribution in [2.45, 2.75) is 52.2 Å². The van der Waals surface area contributed by atoms with Crippen molar-refractivity contribution in [3.05, 3.63) is 0 Å². The van der Waals surface area contributed by atoms with Crippen molar-refractivity contribution in [1.29, 1.82) is 0 Å². The second-order valence-electron chi connectivity index (χ2n) is 5.48. The molecule has 0 N–H and O–H groups in total. The van der Waals surface area contributed by atoms with E-state index in [1.807, 2.05) is 0 Å². The van der Waals surface area contributed by atoms with Crippen molar-refractivity contribution >= 4 is 18.3 Å². The normalized spacial score (nSPS) is 22.9. The van der Waals surface area contributed by atoms with Gasteiger partial charge in [0, 0.05) is 6.54 Å². The summed E-state index contributed by atoms with van der Waals surface area (Å²) in [6.07, 6.45) is -0.617. The number of hydrogen-bond donors (Lipinski definition) is 0. The van der Waals surface area contributed by atoms with Crippen LogP contribution in [0.15, 0.2) is 0 Å². The molecule has 136 valence electrons. The van der Waals surface area contributed by atoms with Gasteiger partial charge in [-0.1, -0.05) is 0 Å². The zero-order valence-corrected chi connectivity index (χ0v) is 14.4. The van der Waals surface area contributed by atoms with Crippen LogP contribution in [0, 0.1) is 0 Å². The number of amides is 3. The summed E-state index contributed by atoms with van der Waals surface area (Å²) in [4.78, 5) is 38.6. The Hall–Kier alpha value is -2.19. The molecule has 0 radical (unpaired) electrons. The van der Waals surface area contributed by atoms with Crippen LogP contribution in [-0.2, 0) is 14.2 Å². The van der Waals surface area contributed by atoms with Crippen LogP contribution in [0.4, 0.5) is 14.4 Å². The molecule has 0 spiro atoms. The summed E-state index contributed by atoms with van der Waals surface area (Å²) in [6, 6.07) is -0.218. The molecule has 0 saturated carbocycles. The van der Waals surface area contributed by atoms with Crippen LogP contribution in [0.3, 0.4) is 0 Å². The highest BCUT2D eigenvalue weighted by molar-refractivity contribution is 5.76. The lowest BCUT2D eigenvalue weighted by molar-refractivity contribution is -0.108. The van der Waals surface area contributed by atoms with Crippen LogP contribution in [-0.4, -0.2) is 71.8 Å². The van der Waals surface area contributed by atoms with Crippen LogP contribution < -0.4 is 0 Å². The van der Waals surface area contributed by atoms with Crippen LogP contribution >= 0.6 is 0 Å². The molecular weight excluding hydrogens is 318 g/mol. The van der Waals surface area contributed by atoms with Gasteiger partial charge in [-0.3, -0.25) is 4.90 Å². The van der Waals surface area contributed by atoms with Gasteiger partial charge in [0.15, 0.2) is 0 Å². The number of nitrogens with zero attached hydrogens (tertiary/aromatic N) is 3. The molecule has 3 aliphatic heterocycles. The van der Waals surface area contributed by atoms with E-state index in [0.29, 0.717) is 25.8 Å². The molecule has 3 fully saturated rings. The minimum Gasteiger partial charge on any atom is -0.450 e. The molecule has 9 heteroatoms. The molecule has 3 amide bonds. The molecule has 3 heterocycles. The third kappa shape index (κ3) is 3.49. The van der Waals surface area contributed by atoms with Crippen molar-refractivity contribution in [1.82, 2.24) is 14.9 Å². The smallest absolute Gasteiger partial charge is 0.430 e. The largest absolute Gasteiger partial charge is 0.450 e. The predicted octanol–water partition coefficient (Wildman–Crippen LogP) is 2.17. The van der Waals surface area contributed by atoms with E-state index in [2.05, 4.69) is 0 Å². The van der Waals surface area contributed by atoms with Crippen molar-refractivity contribution < 1.29 is 28.6 Å². The van der Waals surface area contributed by atoms with Gasteiger partial charge in [0.25, 0.3) is 0 Å². The molecule has 3 rings (SSSR count). The lowest BCUT2D eigenvalue weighted by Gasteiger charge is -2.45. The van der Waals surface area contributed by atoms with Gasteiger partial charge in [-0.2, -0.15) is 5.01 Å². The fourth-order valence-electron chi connectivity index (χ4n) is 3.14. The van der Waals surface area contributed by atoms with Crippen LogP contribution in [0.25, 0.3) is 0 Å². The van der Waals surface area contributed by atoms with Crippen LogP contribution in [0.1, 0.15) is 40.0 Å². The van der Waals surface area contributed by atoms with E-state index in [9.17, 15) is 14.4 Å². The van der Waals surface area contributed by atoms with E-state index in [1.54, 1.807) is 20.8 Å². The van der Waals surface area contributed by atoms with E-state index >= 15 is 0 Å². The Morgan fingerprint density at radius 2 is 1.33 bits per heavy atom. The average Bonchev–Trinajstić information content (AvgIpc) is 2.85. The minimum absolute atomic E-state index is 0.169. The number of hydrogen-bond acceptors (Lipinski definition) is 6. The van der Waals surface area contributed by atoms with Gasteiger partial charge in [-0.05, 0) is 40.0 Å². The van der Waals surface area contributed by atoms with Crippen molar-refractivity contribution in [2.75, 3.05) is 26.4 Å². The van der Waals surface area contributed by atoms with Gasteiger partial charge in [0.2, 0.25) is 0 Å². The Kier molecular flexibility index (Phi) is 6.10. The van der Waals surface area contributed by atoms with Crippen molar-refractivity contribution in [3.63, 3.8) is 0 Å². The third-order valence-corrected chi connectivity index (χ3v) is 4.09. The number of ether oxygens (including phenoxy) is 3. The molecule has 9 nitrogen and oxygen atoms in total. The van der Waals surface area contributed by atoms with Crippen LogP contribution in [0.2, 0.25) is 0 Å². The van der Waals surface area contributed by atoms with Gasteiger partial charge < -0.3 is 14.2 Å². The van der Waals surface area contributed by atoms with E-state index in [-0.39, 0.29) is 25.9 Å². The lowest BCUT2D eigenvalue weighted by Crippen LogP contribution is -2.64. The maximum absolute atomic E-state index is 12.5. The molecule has 0 aromatic heterocycles. The Balaban J connectivity index is 2.34. The van der Waals surface area contributed by atoms with Gasteiger partial charge in [-0.25, -0.2) is 19.4 Å². The number of rotatable bonds is 3. The topological polar surface area (TPSA) is 88.6 Å². The highest BCUT2D eigenvalue weighted by Gasteiger charge is 2.49. The molecule has 2 atom stereocenters. The lowest BCUT2D eigenvalue weighted by atomic mass is 10.1. The molecule has 2 bridgehead atoms. The van der Waals surface area contributed by atoms with E-state index in [0.717, 1.165) is 0 Å². The third-order valence-electron chi connectivity index (χ3n) is 4.09. The Morgan fingerprint density at radius 3 is 1.92 bits per heavy atom. The maximum Gasteiger partial charge on any atom is 0.430 e. The van der Waals surface area contributed by atoms with Crippen molar-refractivity contribution in [2.24, 2.45) is 0 Å². The first-order chi connectivity index (χ1) is 11.5. The predicted molar refractivity (Wildman–Crippen MR) is 82.9 cm³/mol. The van der Waals surface area contributed by atoms with Crippen LogP contribution in [0.5, 0.6) is 0 Å². The minimum atomic E-state index is -0.670. The fraction of sp³-hybridized carbons (Fsp3) is 0.800. The standard InChI is InChI=1S/C15H25N3O6/c1-4-22-13(19)16-10-9-11-7-8-12(16)18(15(21)24-6-3)17(11)14(20)23-5-2/h11-12H,4-10H2,1-3H3. The first-order valence-corrected chi connectivity index (χ1v) is 8.40. The maximum atomic E-state index is 12.5. The summed E-state index contributed by atoms with van der Waals surface area (Å²) in [5, 5.41) is 2.51. The summed E-state index contributed by atoms with van der Waals surface area (Å²) >= 11 is 0. The highest BCUT2D eigenvalue weighted by Crippen LogP contribution is 2.33. The molecule has 3 saturated heterocycles. The second-order valence-corrected chi connectivity index (χ2v) is 5.48. The number of fused-ring (bicyclic) bond motifs is 4. The van der Waals surface area contributed by atoms with E-state index in [1.165, 1.54) is 14.9 Å². The average molecular weight is 343 g/mol. The molecule has 0 aromatic carbocycles. The summed E-state index contributed by atoms with van der Waals surface area (Å²) in [5.41, 5.74) is 0. The molecule has 0 aromatic rings. The number of carbonyl (C=O) groups is 3. The summed E-state index contributed by atoms with van der Waals surface area (Å²) in [6.45, 7) is 6.13. The summed E-state index contributed by atoms with van der Waals surface area (Å²) < 4.78 is 15.3. The van der Waals surface area contributed by atoms with Crippen molar-refractivity contribution in [3.8, 4) is 0 Å². The van der Waals surface area contributed by atoms with Gasteiger partial charge in [0.05, 0.1) is 25.9 Å². The van der Waals surface area contributed by atoms with E-state index < -0.39 is 24.4 Å². The molecule has 24 heavy (non-hydrogen) atoms. The Morgan fingerprint density at radius 1 is 0.792 bits per heavy atom. The Bertz CT molecular complexity index is 486. The van der Waals surface area contributed by atoms with Gasteiger partial charge >= 0.3 is 18.3 Å². The molecule has 0 aliphatic carbocycles. The van der Waals surface area contributed by atoms with E-state index in [4.69, 9.17) is 14.2 Å². The molecular formula is C15H25N3O6.